The molecule has 5 heteroatoms. The standard InChI is InChI=1S/C24H24N2O3/c1-18-8-10-20(11-9-18)25-24(28)16-17-26(19(2)27)21-12-14-23(15-13-21)29-22-6-4-3-5-7-22/h3-15H,16-17H2,1-2H3,(H,25,28). The second kappa shape index (κ2) is 9.55. The summed E-state index contributed by atoms with van der Waals surface area (Å²) in [5.74, 6) is 1.17. The minimum absolute atomic E-state index is 0.120. The van der Waals surface area contributed by atoms with Crippen molar-refractivity contribution in [3.63, 3.8) is 0 Å². The molecular formula is C24H24N2O3. The molecule has 1 N–H and O–H groups in total. The zero-order valence-electron chi connectivity index (χ0n) is 16.6. The Morgan fingerprint density at radius 2 is 1.48 bits per heavy atom. The smallest absolute Gasteiger partial charge is 0.226 e. The van der Waals surface area contributed by atoms with Gasteiger partial charge in [0.2, 0.25) is 11.8 Å². The predicted molar refractivity (Wildman–Crippen MR) is 115 cm³/mol. The first kappa shape index (κ1) is 20.1. The van der Waals surface area contributed by atoms with E-state index in [1.807, 2.05) is 85.8 Å². The van der Waals surface area contributed by atoms with Crippen LogP contribution in [0.5, 0.6) is 11.5 Å². The average molecular weight is 388 g/mol. The fraction of sp³-hybridized carbons (Fsp3) is 0.167. The van der Waals surface area contributed by atoms with Gasteiger partial charge in [-0.25, -0.2) is 0 Å². The SMILES string of the molecule is CC(=O)N(CCC(=O)Nc1ccc(C)cc1)c1ccc(Oc2ccccc2)cc1. The molecule has 0 aliphatic rings. The molecule has 0 aromatic heterocycles. The number of carbonyl (C=O) groups is 2. The number of rotatable bonds is 7. The first-order valence-electron chi connectivity index (χ1n) is 9.49. The van der Waals surface area contributed by atoms with Gasteiger partial charge < -0.3 is 15.0 Å². The van der Waals surface area contributed by atoms with Crippen molar-refractivity contribution < 1.29 is 14.3 Å². The van der Waals surface area contributed by atoms with Crippen LogP contribution in [0.1, 0.15) is 18.9 Å². The van der Waals surface area contributed by atoms with Gasteiger partial charge >= 0.3 is 0 Å². The Labute approximate surface area is 170 Å². The molecule has 3 aromatic carbocycles. The van der Waals surface area contributed by atoms with E-state index in [1.165, 1.54) is 6.92 Å². The topological polar surface area (TPSA) is 58.6 Å². The Balaban J connectivity index is 1.59. The number of amides is 2. The van der Waals surface area contributed by atoms with E-state index in [0.29, 0.717) is 12.3 Å². The lowest BCUT2D eigenvalue weighted by Crippen LogP contribution is -2.31. The summed E-state index contributed by atoms with van der Waals surface area (Å²) in [6, 6.07) is 24.4. The van der Waals surface area contributed by atoms with Crippen LogP contribution >= 0.6 is 0 Å². The van der Waals surface area contributed by atoms with Crippen LogP contribution in [-0.4, -0.2) is 18.4 Å². The number of anilines is 2. The molecule has 0 heterocycles. The van der Waals surface area contributed by atoms with Crippen molar-refractivity contribution in [3.8, 4) is 11.5 Å². The molecule has 0 atom stereocenters. The summed E-state index contributed by atoms with van der Waals surface area (Å²) in [7, 11) is 0. The van der Waals surface area contributed by atoms with Crippen LogP contribution in [0.15, 0.2) is 78.9 Å². The van der Waals surface area contributed by atoms with Crippen molar-refractivity contribution in [2.45, 2.75) is 20.3 Å². The third kappa shape index (κ3) is 5.94. The summed E-state index contributed by atoms with van der Waals surface area (Å²) in [5, 5.41) is 2.85. The van der Waals surface area contributed by atoms with Crippen LogP contribution < -0.4 is 15.0 Å². The van der Waals surface area contributed by atoms with Crippen LogP contribution in [0.4, 0.5) is 11.4 Å². The molecule has 3 rings (SSSR count). The Kier molecular flexibility index (Phi) is 6.63. The molecule has 5 nitrogen and oxygen atoms in total. The van der Waals surface area contributed by atoms with Gasteiger partial charge in [0.15, 0.2) is 0 Å². The summed E-state index contributed by atoms with van der Waals surface area (Å²) in [4.78, 5) is 25.9. The molecule has 0 bridgehead atoms. The second-order valence-corrected chi connectivity index (χ2v) is 6.74. The minimum Gasteiger partial charge on any atom is -0.457 e. The zero-order valence-corrected chi connectivity index (χ0v) is 16.6. The number of benzene rings is 3. The maximum absolute atomic E-state index is 12.2. The van der Waals surface area contributed by atoms with E-state index in [4.69, 9.17) is 4.74 Å². The van der Waals surface area contributed by atoms with Crippen molar-refractivity contribution in [1.82, 2.24) is 0 Å². The highest BCUT2D eigenvalue weighted by atomic mass is 16.5. The highest BCUT2D eigenvalue weighted by Crippen LogP contribution is 2.24. The fourth-order valence-corrected chi connectivity index (χ4v) is 2.86. The van der Waals surface area contributed by atoms with Gasteiger partial charge in [-0.2, -0.15) is 0 Å². The number of aryl methyl sites for hydroxylation is 1. The van der Waals surface area contributed by atoms with E-state index in [9.17, 15) is 9.59 Å². The maximum atomic E-state index is 12.2. The summed E-state index contributed by atoms with van der Waals surface area (Å²) in [6.07, 6.45) is 0.204. The Bertz CT molecular complexity index is 952. The molecular weight excluding hydrogens is 364 g/mol. The van der Waals surface area contributed by atoms with Gasteiger partial charge in [-0.15, -0.1) is 0 Å². The van der Waals surface area contributed by atoms with Crippen molar-refractivity contribution in [3.05, 3.63) is 84.4 Å². The number of carbonyl (C=O) groups excluding carboxylic acids is 2. The summed E-state index contributed by atoms with van der Waals surface area (Å²) >= 11 is 0. The lowest BCUT2D eigenvalue weighted by molar-refractivity contribution is -0.117. The van der Waals surface area contributed by atoms with E-state index in [-0.39, 0.29) is 18.2 Å². The fourth-order valence-electron chi connectivity index (χ4n) is 2.86. The zero-order chi connectivity index (χ0) is 20.6. The average Bonchev–Trinajstić information content (AvgIpc) is 2.71. The summed E-state index contributed by atoms with van der Waals surface area (Å²) in [5.41, 5.74) is 2.60. The van der Waals surface area contributed by atoms with E-state index in [2.05, 4.69) is 5.32 Å². The van der Waals surface area contributed by atoms with Crippen LogP contribution in [0.3, 0.4) is 0 Å². The number of nitrogens with one attached hydrogen (secondary N) is 1. The lowest BCUT2D eigenvalue weighted by atomic mass is 10.2. The molecule has 2 amide bonds. The van der Waals surface area contributed by atoms with Crippen LogP contribution in [0.25, 0.3) is 0 Å². The number of hydrogen-bond donors (Lipinski definition) is 1. The van der Waals surface area contributed by atoms with Crippen molar-refractivity contribution >= 4 is 23.2 Å². The molecule has 3 aromatic rings. The quantitative estimate of drug-likeness (QED) is 0.607. The molecule has 29 heavy (non-hydrogen) atoms. The molecule has 0 radical (unpaired) electrons. The normalized spacial score (nSPS) is 10.3. The molecule has 0 fully saturated rings. The number of ether oxygens (including phenoxy) is 1. The van der Waals surface area contributed by atoms with E-state index in [0.717, 1.165) is 22.7 Å². The lowest BCUT2D eigenvalue weighted by Gasteiger charge is -2.21. The highest BCUT2D eigenvalue weighted by molar-refractivity contribution is 5.94. The van der Waals surface area contributed by atoms with Gasteiger partial charge in [0, 0.05) is 31.3 Å². The van der Waals surface area contributed by atoms with E-state index >= 15 is 0 Å². The molecule has 0 aliphatic carbocycles. The monoisotopic (exact) mass is 388 g/mol. The van der Waals surface area contributed by atoms with Crippen LogP contribution in [0.2, 0.25) is 0 Å². The first-order valence-corrected chi connectivity index (χ1v) is 9.49. The van der Waals surface area contributed by atoms with Crippen molar-refractivity contribution in [2.75, 3.05) is 16.8 Å². The number of nitrogens with zero attached hydrogens (tertiary/aromatic N) is 1. The molecule has 0 saturated heterocycles. The maximum Gasteiger partial charge on any atom is 0.226 e. The minimum atomic E-state index is -0.135. The van der Waals surface area contributed by atoms with E-state index < -0.39 is 0 Å². The van der Waals surface area contributed by atoms with Crippen LogP contribution in [-0.2, 0) is 9.59 Å². The molecule has 0 aliphatic heterocycles. The van der Waals surface area contributed by atoms with Gasteiger partial charge in [-0.3, -0.25) is 9.59 Å². The summed E-state index contributed by atoms with van der Waals surface area (Å²) in [6.45, 7) is 3.78. The third-order valence-electron chi connectivity index (χ3n) is 4.41. The van der Waals surface area contributed by atoms with Crippen LogP contribution in [0, 0.1) is 6.92 Å². The van der Waals surface area contributed by atoms with Gasteiger partial charge in [-0.05, 0) is 55.5 Å². The molecule has 148 valence electrons. The predicted octanol–water partition coefficient (Wildman–Crippen LogP) is 5.17. The summed E-state index contributed by atoms with van der Waals surface area (Å²) < 4.78 is 5.78. The van der Waals surface area contributed by atoms with Gasteiger partial charge in [0.1, 0.15) is 11.5 Å². The van der Waals surface area contributed by atoms with Crippen molar-refractivity contribution in [1.29, 1.82) is 0 Å². The molecule has 0 unspecified atom stereocenters. The molecule has 0 spiro atoms. The first-order chi connectivity index (χ1) is 14.0. The third-order valence-corrected chi connectivity index (χ3v) is 4.41. The Morgan fingerprint density at radius 1 is 0.862 bits per heavy atom. The largest absolute Gasteiger partial charge is 0.457 e. The van der Waals surface area contributed by atoms with Gasteiger partial charge in [0.25, 0.3) is 0 Å². The Morgan fingerprint density at radius 3 is 2.10 bits per heavy atom. The van der Waals surface area contributed by atoms with Crippen molar-refractivity contribution in [2.24, 2.45) is 0 Å². The molecule has 0 saturated carbocycles. The van der Waals surface area contributed by atoms with E-state index in [1.54, 1.807) is 4.90 Å². The number of hydrogen-bond acceptors (Lipinski definition) is 3. The highest BCUT2D eigenvalue weighted by Gasteiger charge is 2.14. The van der Waals surface area contributed by atoms with Gasteiger partial charge in [-0.1, -0.05) is 35.9 Å². The second-order valence-electron chi connectivity index (χ2n) is 6.74. The van der Waals surface area contributed by atoms with Gasteiger partial charge in [0.05, 0.1) is 0 Å². The number of para-hydroxylation sites is 1. The Hall–Kier alpha value is -3.60.